The minimum atomic E-state index is -1.61. The molecule has 128 valence electrons. The van der Waals surface area contributed by atoms with Crippen LogP contribution in [0.3, 0.4) is 0 Å². The van der Waals surface area contributed by atoms with Gasteiger partial charge in [0.2, 0.25) is 5.78 Å². The summed E-state index contributed by atoms with van der Waals surface area (Å²) >= 11 is 0. The average molecular weight is 323 g/mol. The summed E-state index contributed by atoms with van der Waals surface area (Å²) in [5.41, 5.74) is -2.35. The third-order valence-corrected chi connectivity index (χ3v) is 4.45. The van der Waals surface area contributed by atoms with Crippen molar-refractivity contribution in [1.82, 2.24) is 4.90 Å². The Labute approximate surface area is 136 Å². The van der Waals surface area contributed by atoms with Crippen molar-refractivity contribution >= 4 is 17.5 Å². The number of allylic oxidation sites excluding steroid dienone is 1. The number of aliphatic hydroxyl groups excluding tert-OH is 1. The van der Waals surface area contributed by atoms with Gasteiger partial charge in [-0.05, 0) is 13.3 Å². The maximum Gasteiger partial charge on any atom is 0.264 e. The van der Waals surface area contributed by atoms with Gasteiger partial charge in [-0.15, -0.1) is 0 Å². The van der Waals surface area contributed by atoms with Crippen molar-refractivity contribution in [2.75, 3.05) is 6.61 Å². The largest absolute Gasteiger partial charge is 0.512 e. The summed E-state index contributed by atoms with van der Waals surface area (Å²) in [7, 11) is 0. The second-order valence-corrected chi connectivity index (χ2v) is 7.38. The molecule has 6 nitrogen and oxygen atoms in total. The van der Waals surface area contributed by atoms with E-state index < -0.39 is 28.9 Å². The molecule has 2 saturated heterocycles. The van der Waals surface area contributed by atoms with Gasteiger partial charge in [0.1, 0.15) is 17.6 Å². The smallest absolute Gasteiger partial charge is 0.264 e. The van der Waals surface area contributed by atoms with E-state index in [9.17, 15) is 19.5 Å². The van der Waals surface area contributed by atoms with Crippen molar-refractivity contribution in [3.05, 3.63) is 11.3 Å². The molecule has 0 radical (unpaired) electrons. The molecule has 0 spiro atoms. The van der Waals surface area contributed by atoms with E-state index in [2.05, 4.69) is 0 Å². The number of carbonyl (C=O) groups excluding carboxylic acids is 3. The van der Waals surface area contributed by atoms with E-state index in [-0.39, 0.29) is 30.1 Å². The van der Waals surface area contributed by atoms with Crippen LogP contribution in [0.2, 0.25) is 0 Å². The quantitative estimate of drug-likeness (QED) is 0.371. The van der Waals surface area contributed by atoms with Crippen molar-refractivity contribution in [2.45, 2.75) is 65.6 Å². The summed E-state index contributed by atoms with van der Waals surface area (Å²) in [6.07, 6.45) is 0.994. The molecule has 1 amide bonds. The first-order chi connectivity index (χ1) is 10.6. The van der Waals surface area contributed by atoms with E-state index in [0.29, 0.717) is 6.42 Å². The second kappa shape index (κ2) is 5.74. The first kappa shape index (κ1) is 17.7. The van der Waals surface area contributed by atoms with Crippen LogP contribution >= 0.6 is 0 Å². The summed E-state index contributed by atoms with van der Waals surface area (Å²) in [5, 5.41) is 9.77. The first-order valence-electron chi connectivity index (χ1n) is 8.02. The van der Waals surface area contributed by atoms with Crippen LogP contribution in [0.15, 0.2) is 11.3 Å². The fraction of sp³-hybridized carbons (Fsp3) is 0.706. The van der Waals surface area contributed by atoms with Crippen molar-refractivity contribution in [3.8, 4) is 0 Å². The Hall–Kier alpha value is -1.69. The van der Waals surface area contributed by atoms with E-state index in [1.165, 1.54) is 11.8 Å². The number of carbonyl (C=O) groups is 3. The Morgan fingerprint density at radius 1 is 1.39 bits per heavy atom. The van der Waals surface area contributed by atoms with Crippen LogP contribution in [-0.2, 0) is 19.1 Å². The van der Waals surface area contributed by atoms with Gasteiger partial charge in [0, 0.05) is 11.8 Å². The summed E-state index contributed by atoms with van der Waals surface area (Å²) in [6, 6.07) is 0. The summed E-state index contributed by atoms with van der Waals surface area (Å²) in [6.45, 7) is 8.76. The highest BCUT2D eigenvalue weighted by Crippen LogP contribution is 2.45. The highest BCUT2D eigenvalue weighted by atomic mass is 16.5. The van der Waals surface area contributed by atoms with Crippen LogP contribution < -0.4 is 0 Å². The Morgan fingerprint density at radius 2 is 2.00 bits per heavy atom. The Balaban J connectivity index is 2.56. The maximum atomic E-state index is 12.9. The molecule has 6 heteroatoms. The summed E-state index contributed by atoms with van der Waals surface area (Å²) in [5.74, 6) is -1.89. The molecule has 2 atom stereocenters. The van der Waals surface area contributed by atoms with Gasteiger partial charge < -0.3 is 9.84 Å². The predicted molar refractivity (Wildman–Crippen MR) is 83.6 cm³/mol. The number of amides is 1. The lowest BCUT2D eigenvalue weighted by atomic mass is 9.85. The number of ketones is 2. The lowest BCUT2D eigenvalue weighted by Gasteiger charge is -2.35. The van der Waals surface area contributed by atoms with Crippen LogP contribution in [0.1, 0.15) is 53.9 Å². The van der Waals surface area contributed by atoms with Gasteiger partial charge in [-0.2, -0.15) is 0 Å². The average Bonchev–Trinajstić information content (AvgIpc) is 2.93. The zero-order valence-corrected chi connectivity index (χ0v) is 14.4. The standard InChI is InChI=1S/C17H25NO5/c1-6-7-8-11(20)17-9-23-15(16(3,4)5)18(17)14(22)12(10(2)19)13(17)21/h15,19H,6-9H2,1-5H3/b12-10-/t15-,17+/m1/s1. The maximum absolute atomic E-state index is 12.9. The van der Waals surface area contributed by atoms with Crippen molar-refractivity contribution < 1.29 is 24.2 Å². The topological polar surface area (TPSA) is 83.9 Å². The minimum absolute atomic E-state index is 0.140. The number of Topliss-reactive ketones (excluding diaryl/α,β-unsaturated/α-hetero) is 2. The molecule has 0 aromatic heterocycles. The highest BCUT2D eigenvalue weighted by molar-refractivity contribution is 6.36. The molecule has 0 saturated carbocycles. The molecule has 0 unspecified atom stereocenters. The van der Waals surface area contributed by atoms with Gasteiger partial charge in [-0.25, -0.2) is 0 Å². The van der Waals surface area contributed by atoms with Crippen LogP contribution in [0.5, 0.6) is 0 Å². The Bertz CT molecular complexity index is 582. The van der Waals surface area contributed by atoms with Crippen LogP contribution in [0.25, 0.3) is 0 Å². The summed E-state index contributed by atoms with van der Waals surface area (Å²) < 4.78 is 5.72. The van der Waals surface area contributed by atoms with Crippen LogP contribution in [-0.4, -0.2) is 45.9 Å². The molecule has 1 N–H and O–H groups in total. The molecule has 2 aliphatic rings. The molecule has 0 aromatic rings. The van der Waals surface area contributed by atoms with Gasteiger partial charge in [0.15, 0.2) is 11.3 Å². The van der Waals surface area contributed by atoms with Gasteiger partial charge in [0.05, 0.1) is 6.61 Å². The molecule has 2 heterocycles. The zero-order valence-electron chi connectivity index (χ0n) is 14.4. The summed E-state index contributed by atoms with van der Waals surface area (Å²) in [4.78, 5) is 39.7. The molecule has 0 aromatic carbocycles. The predicted octanol–water partition coefficient (Wildman–Crippen LogP) is 2.13. The third kappa shape index (κ3) is 2.49. The van der Waals surface area contributed by atoms with Gasteiger partial charge in [0.25, 0.3) is 5.91 Å². The normalized spacial score (nSPS) is 30.0. The van der Waals surface area contributed by atoms with E-state index in [1.54, 1.807) is 0 Å². The monoisotopic (exact) mass is 323 g/mol. The lowest BCUT2D eigenvalue weighted by Crippen LogP contribution is -2.57. The van der Waals surface area contributed by atoms with Crippen molar-refractivity contribution in [2.24, 2.45) is 5.41 Å². The zero-order chi connectivity index (χ0) is 17.6. The minimum Gasteiger partial charge on any atom is -0.512 e. The van der Waals surface area contributed by atoms with Gasteiger partial charge >= 0.3 is 0 Å². The van der Waals surface area contributed by atoms with E-state index in [1.807, 2.05) is 27.7 Å². The van der Waals surface area contributed by atoms with Crippen molar-refractivity contribution in [1.29, 1.82) is 0 Å². The lowest BCUT2D eigenvalue weighted by molar-refractivity contribution is -0.146. The number of nitrogens with zero attached hydrogens (tertiary/aromatic N) is 1. The van der Waals surface area contributed by atoms with E-state index in [4.69, 9.17) is 4.74 Å². The Morgan fingerprint density at radius 3 is 2.48 bits per heavy atom. The van der Waals surface area contributed by atoms with Gasteiger partial charge in [-0.1, -0.05) is 34.1 Å². The SMILES string of the molecule is CCCCC(=O)[C@]12CO[C@H](C(C)(C)C)N1C(=O)/C(=C(/C)O)C2=O. The third-order valence-electron chi connectivity index (χ3n) is 4.45. The van der Waals surface area contributed by atoms with Crippen LogP contribution in [0.4, 0.5) is 0 Å². The number of fused-ring (bicyclic) bond motifs is 1. The Kier molecular flexibility index (Phi) is 4.41. The number of rotatable bonds is 4. The number of hydrogen-bond donors (Lipinski definition) is 1. The van der Waals surface area contributed by atoms with Crippen molar-refractivity contribution in [3.63, 3.8) is 0 Å². The second-order valence-electron chi connectivity index (χ2n) is 7.38. The first-order valence-corrected chi connectivity index (χ1v) is 8.02. The molecule has 2 rings (SSSR count). The molecule has 2 aliphatic heterocycles. The molecular weight excluding hydrogens is 298 g/mol. The highest BCUT2D eigenvalue weighted by Gasteiger charge is 2.67. The number of unbranched alkanes of at least 4 members (excludes halogenated alkanes) is 1. The molecule has 2 fully saturated rings. The molecule has 23 heavy (non-hydrogen) atoms. The molecule has 0 bridgehead atoms. The number of ether oxygens (including phenoxy) is 1. The van der Waals surface area contributed by atoms with E-state index in [0.717, 1.165) is 6.42 Å². The van der Waals surface area contributed by atoms with E-state index >= 15 is 0 Å². The van der Waals surface area contributed by atoms with Gasteiger partial charge in [-0.3, -0.25) is 19.3 Å². The molecular formula is C17H25NO5. The number of aliphatic hydroxyl groups is 1. The fourth-order valence-electron chi connectivity index (χ4n) is 3.26. The molecule has 0 aliphatic carbocycles. The number of hydrogen-bond acceptors (Lipinski definition) is 5. The fourth-order valence-corrected chi connectivity index (χ4v) is 3.26. The van der Waals surface area contributed by atoms with Crippen LogP contribution in [0, 0.1) is 5.41 Å².